The minimum Gasteiger partial charge on any atom is -0.497 e. The normalized spacial score (nSPS) is 10.8. The molecule has 1 aromatic heterocycles. The monoisotopic (exact) mass is 363 g/mol. The molecule has 4 aromatic rings. The summed E-state index contributed by atoms with van der Waals surface area (Å²) in [5, 5.41) is 8.47. The largest absolute Gasteiger partial charge is 0.497 e. The van der Waals surface area contributed by atoms with Crippen LogP contribution in [0, 0.1) is 0 Å². The molecule has 0 aliphatic heterocycles. The van der Waals surface area contributed by atoms with E-state index in [2.05, 4.69) is 21.7 Å². The van der Waals surface area contributed by atoms with E-state index in [0.717, 1.165) is 32.3 Å². The van der Waals surface area contributed by atoms with Gasteiger partial charge in [-0.2, -0.15) is 0 Å². The lowest BCUT2D eigenvalue weighted by molar-refractivity contribution is 0.251. The molecule has 0 spiro atoms. The fraction of sp³-hybridized carbons (Fsp3) is 0.100. The third-order valence-corrected chi connectivity index (χ3v) is 5.03. The van der Waals surface area contributed by atoms with Crippen LogP contribution >= 0.6 is 11.3 Å². The smallest absolute Gasteiger partial charge is 0.321 e. The number of thiazole rings is 1. The highest BCUT2D eigenvalue weighted by atomic mass is 32.1. The first-order chi connectivity index (χ1) is 12.7. The molecule has 2 N–H and O–H groups in total. The van der Waals surface area contributed by atoms with Crippen molar-refractivity contribution in [2.24, 2.45) is 0 Å². The standard InChI is InChI=1S/C20H17N3O2S/c1-25-16-9-8-14-10-13(6-7-15(14)11-16)12-21-19(24)23-20-22-17-4-2-3-5-18(17)26-20/h2-11H,12H2,1H3,(H2,21,22,23,24). The zero-order chi connectivity index (χ0) is 17.9. The second-order valence-electron chi connectivity index (χ2n) is 5.84. The molecule has 5 nitrogen and oxygen atoms in total. The minimum absolute atomic E-state index is 0.265. The van der Waals surface area contributed by atoms with Crippen molar-refractivity contribution in [2.45, 2.75) is 6.54 Å². The van der Waals surface area contributed by atoms with Crippen LogP contribution in [0.25, 0.3) is 21.0 Å². The number of nitrogens with one attached hydrogen (secondary N) is 2. The van der Waals surface area contributed by atoms with Gasteiger partial charge in [0.2, 0.25) is 0 Å². The van der Waals surface area contributed by atoms with E-state index in [4.69, 9.17) is 4.74 Å². The summed E-state index contributed by atoms with van der Waals surface area (Å²) in [5.74, 6) is 0.832. The molecule has 4 rings (SSSR count). The van der Waals surface area contributed by atoms with Crippen LogP contribution in [0.3, 0.4) is 0 Å². The topological polar surface area (TPSA) is 63.2 Å². The van der Waals surface area contributed by atoms with Crippen molar-refractivity contribution in [3.63, 3.8) is 0 Å². The molecular weight excluding hydrogens is 346 g/mol. The zero-order valence-corrected chi connectivity index (χ0v) is 15.0. The van der Waals surface area contributed by atoms with E-state index in [1.54, 1.807) is 7.11 Å². The maximum atomic E-state index is 12.1. The quantitative estimate of drug-likeness (QED) is 0.548. The fourth-order valence-electron chi connectivity index (χ4n) is 2.76. The first kappa shape index (κ1) is 16.4. The number of methoxy groups -OCH3 is 1. The predicted octanol–water partition coefficient (Wildman–Crippen LogP) is 4.78. The number of para-hydroxylation sites is 1. The Morgan fingerprint density at radius 2 is 1.88 bits per heavy atom. The Hall–Kier alpha value is -3.12. The Kier molecular flexibility index (Phi) is 4.41. The Morgan fingerprint density at radius 1 is 1.08 bits per heavy atom. The van der Waals surface area contributed by atoms with Gasteiger partial charge < -0.3 is 10.1 Å². The lowest BCUT2D eigenvalue weighted by Crippen LogP contribution is -2.28. The molecule has 2 amide bonds. The van der Waals surface area contributed by atoms with Crippen LogP contribution in [-0.2, 0) is 6.54 Å². The van der Waals surface area contributed by atoms with Gasteiger partial charge in [0.1, 0.15) is 5.75 Å². The van der Waals surface area contributed by atoms with Crippen LogP contribution in [0.4, 0.5) is 9.93 Å². The molecule has 0 fully saturated rings. The number of fused-ring (bicyclic) bond motifs is 2. The van der Waals surface area contributed by atoms with Crippen molar-refractivity contribution in [1.82, 2.24) is 10.3 Å². The zero-order valence-electron chi connectivity index (χ0n) is 14.2. The lowest BCUT2D eigenvalue weighted by atomic mass is 10.1. The number of amides is 2. The van der Waals surface area contributed by atoms with E-state index in [9.17, 15) is 4.79 Å². The van der Waals surface area contributed by atoms with E-state index < -0.39 is 0 Å². The van der Waals surface area contributed by atoms with E-state index in [1.807, 2.05) is 54.6 Å². The number of benzene rings is 3. The van der Waals surface area contributed by atoms with Crippen LogP contribution in [0.2, 0.25) is 0 Å². The van der Waals surface area contributed by atoms with Gasteiger partial charge in [-0.15, -0.1) is 0 Å². The van der Waals surface area contributed by atoms with Crippen molar-refractivity contribution in [1.29, 1.82) is 0 Å². The number of aromatic nitrogens is 1. The second-order valence-corrected chi connectivity index (χ2v) is 6.87. The minimum atomic E-state index is -0.265. The van der Waals surface area contributed by atoms with Crippen LogP contribution in [-0.4, -0.2) is 18.1 Å². The highest BCUT2D eigenvalue weighted by Crippen LogP contribution is 2.25. The first-order valence-electron chi connectivity index (χ1n) is 8.18. The molecule has 0 bridgehead atoms. The number of nitrogens with zero attached hydrogens (tertiary/aromatic N) is 1. The number of ether oxygens (including phenoxy) is 1. The molecule has 3 aromatic carbocycles. The maximum Gasteiger partial charge on any atom is 0.321 e. The molecular formula is C20H17N3O2S. The Morgan fingerprint density at radius 3 is 2.73 bits per heavy atom. The third-order valence-electron chi connectivity index (χ3n) is 4.08. The number of hydrogen-bond donors (Lipinski definition) is 2. The molecule has 0 aliphatic rings. The van der Waals surface area contributed by atoms with Gasteiger partial charge in [-0.25, -0.2) is 9.78 Å². The van der Waals surface area contributed by atoms with Crippen molar-refractivity contribution < 1.29 is 9.53 Å². The van der Waals surface area contributed by atoms with Crippen LogP contribution in [0.15, 0.2) is 60.7 Å². The molecule has 0 radical (unpaired) electrons. The summed E-state index contributed by atoms with van der Waals surface area (Å²) < 4.78 is 6.29. The Bertz CT molecular complexity index is 1060. The van der Waals surface area contributed by atoms with Gasteiger partial charge in [-0.05, 0) is 46.7 Å². The summed E-state index contributed by atoms with van der Waals surface area (Å²) >= 11 is 1.46. The lowest BCUT2D eigenvalue weighted by Gasteiger charge is -2.07. The van der Waals surface area contributed by atoms with Gasteiger partial charge in [0.05, 0.1) is 17.3 Å². The van der Waals surface area contributed by atoms with E-state index in [0.29, 0.717) is 11.7 Å². The van der Waals surface area contributed by atoms with Crippen molar-refractivity contribution in [3.05, 3.63) is 66.2 Å². The van der Waals surface area contributed by atoms with Gasteiger partial charge in [0.15, 0.2) is 5.13 Å². The highest BCUT2D eigenvalue weighted by Gasteiger charge is 2.07. The average Bonchev–Trinajstić information content (AvgIpc) is 3.08. The van der Waals surface area contributed by atoms with Gasteiger partial charge in [-0.3, -0.25) is 5.32 Å². The molecule has 0 unspecified atom stereocenters. The van der Waals surface area contributed by atoms with Crippen molar-refractivity contribution >= 4 is 43.5 Å². The van der Waals surface area contributed by atoms with E-state index >= 15 is 0 Å². The van der Waals surface area contributed by atoms with Gasteiger partial charge >= 0.3 is 6.03 Å². The summed E-state index contributed by atoms with van der Waals surface area (Å²) in [6, 6.07) is 19.6. The number of carbonyl (C=O) groups excluding carboxylic acids is 1. The van der Waals surface area contributed by atoms with Crippen molar-refractivity contribution in [2.75, 3.05) is 12.4 Å². The number of anilines is 1. The molecule has 0 saturated heterocycles. The van der Waals surface area contributed by atoms with E-state index in [-0.39, 0.29) is 6.03 Å². The SMILES string of the molecule is COc1ccc2cc(CNC(=O)Nc3nc4ccccc4s3)ccc2c1. The molecule has 6 heteroatoms. The fourth-order valence-corrected chi connectivity index (χ4v) is 3.62. The Balaban J connectivity index is 1.41. The highest BCUT2D eigenvalue weighted by molar-refractivity contribution is 7.22. The summed E-state index contributed by atoms with van der Waals surface area (Å²) in [5.41, 5.74) is 1.92. The van der Waals surface area contributed by atoms with Crippen LogP contribution in [0.1, 0.15) is 5.56 Å². The summed E-state index contributed by atoms with van der Waals surface area (Å²) in [7, 11) is 1.66. The number of urea groups is 1. The molecule has 0 saturated carbocycles. The summed E-state index contributed by atoms with van der Waals surface area (Å²) in [6.07, 6.45) is 0. The molecule has 0 aliphatic carbocycles. The Labute approximate surface area is 154 Å². The first-order valence-corrected chi connectivity index (χ1v) is 9.00. The summed E-state index contributed by atoms with van der Waals surface area (Å²) in [4.78, 5) is 16.5. The number of rotatable bonds is 4. The van der Waals surface area contributed by atoms with Crippen LogP contribution in [0.5, 0.6) is 5.75 Å². The van der Waals surface area contributed by atoms with Gasteiger partial charge in [-0.1, -0.05) is 41.7 Å². The average molecular weight is 363 g/mol. The summed E-state index contributed by atoms with van der Waals surface area (Å²) in [6.45, 7) is 0.443. The maximum absolute atomic E-state index is 12.1. The molecule has 26 heavy (non-hydrogen) atoms. The van der Waals surface area contributed by atoms with Crippen molar-refractivity contribution in [3.8, 4) is 5.75 Å². The molecule has 0 atom stereocenters. The van der Waals surface area contributed by atoms with E-state index in [1.165, 1.54) is 11.3 Å². The number of hydrogen-bond acceptors (Lipinski definition) is 4. The van der Waals surface area contributed by atoms with Gasteiger partial charge in [0.25, 0.3) is 0 Å². The third kappa shape index (κ3) is 3.45. The molecule has 1 heterocycles. The van der Waals surface area contributed by atoms with Gasteiger partial charge in [0, 0.05) is 6.54 Å². The predicted molar refractivity (Wildman–Crippen MR) is 106 cm³/mol. The van der Waals surface area contributed by atoms with Crippen LogP contribution < -0.4 is 15.4 Å². The molecule has 130 valence electrons. The second kappa shape index (κ2) is 7.01. The number of carbonyl (C=O) groups is 1.